The van der Waals surface area contributed by atoms with Crippen LogP contribution in [0.25, 0.3) is 0 Å². The number of hydrogen-bond donors (Lipinski definition) is 1. The third-order valence-electron chi connectivity index (χ3n) is 3.70. The summed E-state index contributed by atoms with van der Waals surface area (Å²) in [5.41, 5.74) is 1.00. The average Bonchev–Trinajstić information content (AvgIpc) is 2.81. The fraction of sp³-hybridized carbons (Fsp3) is 0.786. The van der Waals surface area contributed by atoms with Crippen molar-refractivity contribution < 1.29 is 5.11 Å². The van der Waals surface area contributed by atoms with Crippen molar-refractivity contribution >= 4 is 22.9 Å². The Kier molecular flexibility index (Phi) is 6.07. The minimum atomic E-state index is -0.0283. The fourth-order valence-corrected chi connectivity index (χ4v) is 3.63. The molecule has 108 valence electrons. The molecule has 19 heavy (non-hydrogen) atoms. The van der Waals surface area contributed by atoms with Crippen LogP contribution in [0.3, 0.4) is 0 Å². The Morgan fingerprint density at radius 1 is 1.47 bits per heavy atom. The Balaban J connectivity index is 1.53. The lowest BCUT2D eigenvalue weighted by atomic mass is 9.82. The first kappa shape index (κ1) is 15.2. The number of aliphatic hydroxyl groups is 1. The fourth-order valence-electron chi connectivity index (χ4n) is 2.56. The summed E-state index contributed by atoms with van der Waals surface area (Å²) < 4.78 is 0. The van der Waals surface area contributed by atoms with Crippen molar-refractivity contribution in [1.29, 1.82) is 0 Å². The van der Waals surface area contributed by atoms with Gasteiger partial charge in [0.1, 0.15) is 0 Å². The highest BCUT2D eigenvalue weighted by Gasteiger charge is 2.27. The number of aryl methyl sites for hydroxylation is 1. The molecule has 0 saturated heterocycles. The first-order valence-corrected chi connectivity index (χ1v) is 8.44. The third-order valence-corrected chi connectivity index (χ3v) is 4.93. The zero-order valence-corrected chi connectivity index (χ0v) is 13.1. The number of nitrogens with zero attached hydrogens (tertiary/aromatic N) is 2. The number of alkyl halides is 1. The maximum atomic E-state index is 9.26. The number of thiazole rings is 1. The van der Waals surface area contributed by atoms with Crippen LogP contribution in [0.15, 0.2) is 5.38 Å². The minimum Gasteiger partial charge on any atom is -0.393 e. The van der Waals surface area contributed by atoms with E-state index in [2.05, 4.69) is 22.3 Å². The molecule has 0 radical (unpaired) electrons. The van der Waals surface area contributed by atoms with Crippen molar-refractivity contribution in [3.63, 3.8) is 0 Å². The molecule has 0 unspecified atom stereocenters. The number of aromatic nitrogens is 1. The second-order valence-corrected chi connectivity index (χ2v) is 6.79. The van der Waals surface area contributed by atoms with E-state index in [-0.39, 0.29) is 6.10 Å². The predicted molar refractivity (Wildman–Crippen MR) is 80.8 cm³/mol. The summed E-state index contributed by atoms with van der Waals surface area (Å²) in [6.45, 7) is 2.27. The van der Waals surface area contributed by atoms with E-state index in [1.807, 2.05) is 0 Å². The summed E-state index contributed by atoms with van der Waals surface area (Å²) in [7, 11) is 2.18. The number of halogens is 1. The molecular formula is C14H23ClN2OS. The average molecular weight is 303 g/mol. The SMILES string of the molecule is CN(CCCCc1nc(CCl)cs1)CC1CC(O)C1. The molecule has 0 spiro atoms. The number of hydrogen-bond acceptors (Lipinski definition) is 4. The molecule has 0 aliphatic heterocycles. The quantitative estimate of drug-likeness (QED) is 0.592. The van der Waals surface area contributed by atoms with Gasteiger partial charge in [-0.1, -0.05) is 0 Å². The zero-order chi connectivity index (χ0) is 13.7. The first-order chi connectivity index (χ1) is 9.17. The number of unbranched alkanes of at least 4 members (excludes halogenated alkanes) is 1. The highest BCUT2D eigenvalue weighted by atomic mass is 35.5. The second kappa shape index (κ2) is 7.58. The Morgan fingerprint density at radius 3 is 2.89 bits per heavy atom. The van der Waals surface area contributed by atoms with Crippen LogP contribution in [0, 0.1) is 5.92 Å². The Bertz CT molecular complexity index is 379. The molecule has 0 aromatic carbocycles. The monoisotopic (exact) mass is 302 g/mol. The molecule has 1 heterocycles. The molecule has 1 N–H and O–H groups in total. The molecule has 1 fully saturated rings. The van der Waals surface area contributed by atoms with Gasteiger partial charge in [0.15, 0.2) is 0 Å². The Labute approximate surface area is 124 Å². The van der Waals surface area contributed by atoms with E-state index in [0.29, 0.717) is 11.8 Å². The van der Waals surface area contributed by atoms with E-state index in [1.165, 1.54) is 17.8 Å². The minimum absolute atomic E-state index is 0.0283. The van der Waals surface area contributed by atoms with Crippen LogP contribution in [0.4, 0.5) is 0 Å². The number of rotatable bonds is 8. The van der Waals surface area contributed by atoms with Crippen molar-refractivity contribution in [2.45, 2.75) is 44.1 Å². The predicted octanol–water partition coefficient (Wildman–Crippen LogP) is 2.91. The molecule has 0 amide bonds. The van der Waals surface area contributed by atoms with Crippen molar-refractivity contribution in [3.05, 3.63) is 16.1 Å². The maximum Gasteiger partial charge on any atom is 0.0928 e. The van der Waals surface area contributed by atoms with Gasteiger partial charge in [0.05, 0.1) is 22.7 Å². The summed E-state index contributed by atoms with van der Waals surface area (Å²) in [6.07, 6.45) is 5.42. The van der Waals surface area contributed by atoms with E-state index in [4.69, 9.17) is 11.6 Å². The van der Waals surface area contributed by atoms with E-state index in [1.54, 1.807) is 11.3 Å². The Hall–Kier alpha value is -0.160. The lowest BCUT2D eigenvalue weighted by Gasteiger charge is -2.34. The topological polar surface area (TPSA) is 36.4 Å². The van der Waals surface area contributed by atoms with E-state index in [9.17, 15) is 5.11 Å². The van der Waals surface area contributed by atoms with Crippen LogP contribution in [0.2, 0.25) is 0 Å². The van der Waals surface area contributed by atoms with Crippen molar-refractivity contribution in [2.24, 2.45) is 5.92 Å². The molecule has 1 aromatic rings. The van der Waals surface area contributed by atoms with Gasteiger partial charge in [0.2, 0.25) is 0 Å². The van der Waals surface area contributed by atoms with Crippen LogP contribution < -0.4 is 0 Å². The van der Waals surface area contributed by atoms with Gasteiger partial charge in [-0.05, 0) is 51.6 Å². The van der Waals surface area contributed by atoms with Gasteiger partial charge in [-0.15, -0.1) is 22.9 Å². The highest BCUT2D eigenvalue weighted by molar-refractivity contribution is 7.09. The lowest BCUT2D eigenvalue weighted by molar-refractivity contribution is 0.0282. The van der Waals surface area contributed by atoms with Crippen molar-refractivity contribution in [3.8, 4) is 0 Å². The molecule has 1 aliphatic rings. The molecule has 0 bridgehead atoms. The smallest absolute Gasteiger partial charge is 0.0928 e. The standard InChI is InChI=1S/C14H23ClN2OS/c1-17(9-11-6-13(18)7-11)5-3-2-4-14-16-12(8-15)10-19-14/h10-11,13,18H,2-9H2,1H3. The normalized spacial score (nSPS) is 22.7. The molecule has 1 saturated carbocycles. The van der Waals surface area contributed by atoms with Crippen LogP contribution in [0.5, 0.6) is 0 Å². The van der Waals surface area contributed by atoms with Gasteiger partial charge < -0.3 is 10.0 Å². The van der Waals surface area contributed by atoms with E-state index >= 15 is 0 Å². The van der Waals surface area contributed by atoms with Crippen LogP contribution in [-0.4, -0.2) is 41.2 Å². The summed E-state index contributed by atoms with van der Waals surface area (Å²) >= 11 is 7.46. The summed E-state index contributed by atoms with van der Waals surface area (Å²) in [5.74, 6) is 1.23. The largest absolute Gasteiger partial charge is 0.393 e. The molecule has 1 aromatic heterocycles. The van der Waals surface area contributed by atoms with Crippen LogP contribution in [0.1, 0.15) is 36.4 Å². The lowest BCUT2D eigenvalue weighted by Crippen LogP contribution is -2.37. The molecular weight excluding hydrogens is 280 g/mol. The molecule has 2 rings (SSSR count). The van der Waals surface area contributed by atoms with Crippen molar-refractivity contribution in [1.82, 2.24) is 9.88 Å². The number of aliphatic hydroxyl groups excluding tert-OH is 1. The molecule has 3 nitrogen and oxygen atoms in total. The zero-order valence-electron chi connectivity index (χ0n) is 11.5. The first-order valence-electron chi connectivity index (χ1n) is 7.03. The van der Waals surface area contributed by atoms with Gasteiger partial charge in [0.25, 0.3) is 0 Å². The van der Waals surface area contributed by atoms with Gasteiger partial charge in [0, 0.05) is 11.9 Å². The van der Waals surface area contributed by atoms with E-state index in [0.717, 1.165) is 38.0 Å². The van der Waals surface area contributed by atoms with Gasteiger partial charge in [-0.25, -0.2) is 4.98 Å². The van der Waals surface area contributed by atoms with Crippen LogP contribution >= 0.6 is 22.9 Å². The Morgan fingerprint density at radius 2 is 2.26 bits per heavy atom. The van der Waals surface area contributed by atoms with Gasteiger partial charge >= 0.3 is 0 Å². The maximum absolute atomic E-state index is 9.26. The van der Waals surface area contributed by atoms with Gasteiger partial charge in [-0.3, -0.25) is 0 Å². The van der Waals surface area contributed by atoms with Crippen molar-refractivity contribution in [2.75, 3.05) is 20.1 Å². The molecule has 5 heteroatoms. The summed E-state index contributed by atoms with van der Waals surface area (Å²) in [4.78, 5) is 6.86. The highest BCUT2D eigenvalue weighted by Crippen LogP contribution is 2.27. The summed E-state index contributed by atoms with van der Waals surface area (Å²) in [5, 5.41) is 12.5. The summed E-state index contributed by atoms with van der Waals surface area (Å²) in [6, 6.07) is 0. The second-order valence-electron chi connectivity index (χ2n) is 5.58. The third kappa shape index (κ3) is 5.03. The molecule has 0 atom stereocenters. The van der Waals surface area contributed by atoms with Crippen LogP contribution in [-0.2, 0) is 12.3 Å². The molecule has 1 aliphatic carbocycles. The van der Waals surface area contributed by atoms with E-state index < -0.39 is 0 Å². The van der Waals surface area contributed by atoms with Gasteiger partial charge in [-0.2, -0.15) is 0 Å².